The van der Waals surface area contributed by atoms with Crippen molar-refractivity contribution in [3.8, 4) is 0 Å². The average molecular weight is 286 g/mol. The highest BCUT2D eigenvalue weighted by Gasteiger charge is 2.13. The molecule has 2 aromatic rings. The van der Waals surface area contributed by atoms with Crippen LogP contribution in [0, 0.1) is 5.82 Å². The van der Waals surface area contributed by atoms with Crippen molar-refractivity contribution in [3.63, 3.8) is 0 Å². The molecule has 1 atom stereocenters. The minimum Gasteiger partial charge on any atom is -0.386 e. The summed E-state index contributed by atoms with van der Waals surface area (Å²) in [6.07, 6.45) is 0.498. The molecule has 0 saturated heterocycles. The summed E-state index contributed by atoms with van der Waals surface area (Å²) < 4.78 is 12.7. The maximum absolute atomic E-state index is 12.7. The fourth-order valence-electron chi connectivity index (χ4n) is 1.60. The Balaban J connectivity index is 2.18. The molecule has 18 heavy (non-hydrogen) atoms. The van der Waals surface area contributed by atoms with Gasteiger partial charge in [0, 0.05) is 6.42 Å². The third kappa shape index (κ3) is 2.99. The molecule has 1 unspecified atom stereocenters. The fourth-order valence-corrected chi connectivity index (χ4v) is 2.00. The fraction of sp³-hybridized carbons (Fsp3) is 0.154. The Morgan fingerprint density at radius 1 is 1.22 bits per heavy atom. The summed E-state index contributed by atoms with van der Waals surface area (Å²) in [4.78, 5) is 3.83. The van der Waals surface area contributed by atoms with Gasteiger partial charge in [0.1, 0.15) is 5.82 Å². The van der Waals surface area contributed by atoms with Gasteiger partial charge in [0.05, 0.1) is 28.0 Å². The second kappa shape index (κ2) is 5.65. The van der Waals surface area contributed by atoms with Crippen molar-refractivity contribution in [1.29, 1.82) is 0 Å². The van der Waals surface area contributed by atoms with Crippen LogP contribution in [0.4, 0.5) is 4.39 Å². The van der Waals surface area contributed by atoms with Crippen molar-refractivity contribution in [2.45, 2.75) is 12.5 Å². The minimum absolute atomic E-state index is 0.276. The molecule has 0 spiro atoms. The van der Waals surface area contributed by atoms with E-state index in [9.17, 15) is 9.50 Å². The van der Waals surface area contributed by atoms with Gasteiger partial charge in [0.2, 0.25) is 0 Å². The number of aliphatic hydroxyl groups excluding tert-OH is 1. The lowest BCUT2D eigenvalue weighted by Gasteiger charge is -2.11. The Morgan fingerprint density at radius 3 is 2.67 bits per heavy atom. The molecule has 1 aromatic carbocycles. The number of benzene rings is 1. The Hall–Kier alpha value is -1.16. The first-order valence-corrected chi connectivity index (χ1v) is 6.06. The van der Waals surface area contributed by atoms with Gasteiger partial charge in [0.25, 0.3) is 0 Å². The third-order valence-corrected chi connectivity index (χ3v) is 3.39. The molecule has 5 heteroatoms. The van der Waals surface area contributed by atoms with Crippen LogP contribution in [0.15, 0.2) is 36.5 Å². The van der Waals surface area contributed by atoms with E-state index >= 15 is 0 Å². The van der Waals surface area contributed by atoms with Gasteiger partial charge in [-0.1, -0.05) is 35.3 Å². The molecule has 0 aliphatic rings. The zero-order valence-corrected chi connectivity index (χ0v) is 10.8. The van der Waals surface area contributed by atoms with E-state index in [4.69, 9.17) is 23.2 Å². The van der Waals surface area contributed by atoms with Crippen molar-refractivity contribution < 1.29 is 9.50 Å². The predicted molar refractivity (Wildman–Crippen MR) is 69.3 cm³/mol. The molecule has 0 aliphatic carbocycles. The van der Waals surface area contributed by atoms with E-state index in [2.05, 4.69) is 4.98 Å². The highest BCUT2D eigenvalue weighted by atomic mass is 35.5. The number of nitrogens with zero attached hydrogens (tertiary/aromatic N) is 1. The number of rotatable bonds is 3. The van der Waals surface area contributed by atoms with E-state index in [0.29, 0.717) is 15.7 Å². The normalized spacial score (nSPS) is 12.4. The number of aliphatic hydroxyl groups is 1. The zero-order valence-electron chi connectivity index (χ0n) is 9.28. The number of hydrogen-bond donors (Lipinski definition) is 1. The Bertz CT molecular complexity index is 545. The minimum atomic E-state index is -0.846. The summed E-state index contributed by atoms with van der Waals surface area (Å²) in [7, 11) is 0. The third-order valence-electron chi connectivity index (χ3n) is 2.54. The van der Waals surface area contributed by atoms with E-state index in [1.54, 1.807) is 18.2 Å². The van der Waals surface area contributed by atoms with Crippen molar-refractivity contribution in [2.24, 2.45) is 0 Å². The van der Waals surface area contributed by atoms with Crippen molar-refractivity contribution in [3.05, 3.63) is 63.6 Å². The van der Waals surface area contributed by atoms with Crippen molar-refractivity contribution in [2.75, 3.05) is 0 Å². The molecule has 0 radical (unpaired) electrons. The standard InChI is InChI=1S/C13H10Cl2FNO/c14-10-3-1-2-8(13(10)15)6-12(18)11-5-4-9(16)7-17-11/h1-5,7,12,18H,6H2. The summed E-state index contributed by atoms with van der Waals surface area (Å²) in [6.45, 7) is 0. The molecule has 0 fully saturated rings. The first-order valence-electron chi connectivity index (χ1n) is 5.30. The molecule has 0 bridgehead atoms. The SMILES string of the molecule is OC(Cc1cccc(Cl)c1Cl)c1ccc(F)cn1. The molecule has 1 aromatic heterocycles. The number of halogens is 3. The van der Waals surface area contributed by atoms with Gasteiger partial charge < -0.3 is 5.11 Å². The summed E-state index contributed by atoms with van der Waals surface area (Å²) >= 11 is 11.9. The number of hydrogen-bond acceptors (Lipinski definition) is 2. The van der Waals surface area contributed by atoms with Crippen LogP contribution >= 0.6 is 23.2 Å². The van der Waals surface area contributed by atoms with Crippen LogP contribution < -0.4 is 0 Å². The summed E-state index contributed by atoms with van der Waals surface area (Å²) in [6, 6.07) is 7.91. The van der Waals surface area contributed by atoms with Crippen LogP contribution in [-0.4, -0.2) is 10.1 Å². The molecule has 0 saturated carbocycles. The molecular formula is C13H10Cl2FNO. The van der Waals surface area contributed by atoms with Crippen LogP contribution in [0.2, 0.25) is 10.0 Å². The molecule has 94 valence electrons. The van der Waals surface area contributed by atoms with Gasteiger partial charge >= 0.3 is 0 Å². The van der Waals surface area contributed by atoms with Gasteiger partial charge in [-0.3, -0.25) is 4.98 Å². The molecular weight excluding hydrogens is 276 g/mol. The topological polar surface area (TPSA) is 33.1 Å². The lowest BCUT2D eigenvalue weighted by atomic mass is 10.1. The lowest BCUT2D eigenvalue weighted by Crippen LogP contribution is -2.04. The monoisotopic (exact) mass is 285 g/mol. The molecule has 2 rings (SSSR count). The molecule has 0 aliphatic heterocycles. The van der Waals surface area contributed by atoms with Crippen LogP contribution in [0.3, 0.4) is 0 Å². The van der Waals surface area contributed by atoms with E-state index in [1.165, 1.54) is 12.1 Å². The van der Waals surface area contributed by atoms with Crippen LogP contribution in [0.5, 0.6) is 0 Å². The van der Waals surface area contributed by atoms with E-state index < -0.39 is 11.9 Å². The van der Waals surface area contributed by atoms with Crippen molar-refractivity contribution >= 4 is 23.2 Å². The van der Waals surface area contributed by atoms with E-state index in [1.807, 2.05) is 0 Å². The zero-order chi connectivity index (χ0) is 13.1. The summed E-state index contributed by atoms with van der Waals surface area (Å²) in [5.41, 5.74) is 1.12. The molecule has 0 amide bonds. The largest absolute Gasteiger partial charge is 0.386 e. The maximum atomic E-state index is 12.7. The van der Waals surface area contributed by atoms with Crippen LogP contribution in [0.25, 0.3) is 0 Å². The Morgan fingerprint density at radius 2 is 2.00 bits per heavy atom. The van der Waals surface area contributed by atoms with Crippen molar-refractivity contribution in [1.82, 2.24) is 4.98 Å². The number of aromatic nitrogens is 1. The molecule has 2 nitrogen and oxygen atoms in total. The summed E-state index contributed by atoms with van der Waals surface area (Å²) in [5, 5.41) is 10.8. The Kier molecular flexibility index (Phi) is 4.17. The maximum Gasteiger partial charge on any atom is 0.141 e. The first kappa shape index (κ1) is 13.3. The second-order valence-corrected chi connectivity index (χ2v) is 4.62. The van der Waals surface area contributed by atoms with Gasteiger partial charge in [-0.15, -0.1) is 0 Å². The summed E-state index contributed by atoms with van der Waals surface area (Å²) in [5.74, 6) is -0.438. The van der Waals surface area contributed by atoms with Gasteiger partial charge in [-0.05, 0) is 23.8 Å². The first-order chi connectivity index (χ1) is 8.58. The van der Waals surface area contributed by atoms with Gasteiger partial charge in [-0.25, -0.2) is 4.39 Å². The highest BCUT2D eigenvalue weighted by molar-refractivity contribution is 6.42. The van der Waals surface area contributed by atoms with E-state index in [0.717, 1.165) is 11.8 Å². The quantitative estimate of drug-likeness (QED) is 0.930. The van der Waals surface area contributed by atoms with Crippen LogP contribution in [0.1, 0.15) is 17.4 Å². The van der Waals surface area contributed by atoms with Gasteiger partial charge in [-0.2, -0.15) is 0 Å². The highest BCUT2D eigenvalue weighted by Crippen LogP contribution is 2.28. The molecule has 1 N–H and O–H groups in total. The van der Waals surface area contributed by atoms with Crippen LogP contribution in [-0.2, 0) is 6.42 Å². The molecule has 1 heterocycles. The average Bonchev–Trinajstić information content (AvgIpc) is 2.36. The Labute approximate surface area is 114 Å². The van der Waals surface area contributed by atoms with Gasteiger partial charge in [0.15, 0.2) is 0 Å². The second-order valence-electron chi connectivity index (χ2n) is 3.83. The predicted octanol–water partition coefficient (Wildman–Crippen LogP) is 3.80. The smallest absolute Gasteiger partial charge is 0.141 e. The number of pyridine rings is 1. The lowest BCUT2D eigenvalue weighted by molar-refractivity contribution is 0.173. The van der Waals surface area contributed by atoms with E-state index in [-0.39, 0.29) is 6.42 Å².